The molecule has 0 amide bonds. The van der Waals surface area contributed by atoms with Crippen LogP contribution in [0.5, 0.6) is 0 Å². The van der Waals surface area contributed by atoms with Crippen molar-refractivity contribution in [1.29, 1.82) is 0 Å². The summed E-state index contributed by atoms with van der Waals surface area (Å²) < 4.78 is 2.00. The number of rotatable bonds is 4. The first kappa shape index (κ1) is 12.1. The van der Waals surface area contributed by atoms with Crippen LogP contribution >= 0.6 is 0 Å². The summed E-state index contributed by atoms with van der Waals surface area (Å²) in [5.74, 6) is 0. The van der Waals surface area contributed by atoms with E-state index in [1.807, 2.05) is 11.6 Å². The first-order chi connectivity index (χ1) is 8.75. The molecule has 18 heavy (non-hydrogen) atoms. The van der Waals surface area contributed by atoms with Crippen LogP contribution in [0.25, 0.3) is 0 Å². The highest BCUT2D eigenvalue weighted by atomic mass is 15.4. The molecule has 1 aliphatic heterocycles. The molecule has 0 radical (unpaired) electrons. The monoisotopic (exact) mass is 249 g/mol. The van der Waals surface area contributed by atoms with E-state index in [0.29, 0.717) is 11.6 Å². The second kappa shape index (κ2) is 4.63. The normalized spacial score (nSPS) is 25.6. The second-order valence-electron chi connectivity index (χ2n) is 5.60. The molecule has 1 saturated carbocycles. The Morgan fingerprint density at radius 1 is 1.50 bits per heavy atom. The summed E-state index contributed by atoms with van der Waals surface area (Å²) in [6.07, 6.45) is 5.27. The van der Waals surface area contributed by atoms with Gasteiger partial charge in [-0.05, 0) is 46.1 Å². The van der Waals surface area contributed by atoms with E-state index in [0.717, 1.165) is 25.3 Å². The van der Waals surface area contributed by atoms with Crippen molar-refractivity contribution in [2.45, 2.75) is 64.2 Å². The SMILES string of the molecule is CCn1nnc(C)c1CNC1CCNC12CCC2. The Morgan fingerprint density at radius 3 is 3.00 bits per heavy atom. The summed E-state index contributed by atoms with van der Waals surface area (Å²) in [5.41, 5.74) is 2.69. The summed E-state index contributed by atoms with van der Waals surface area (Å²) >= 11 is 0. The van der Waals surface area contributed by atoms with Crippen LogP contribution in [0.2, 0.25) is 0 Å². The second-order valence-corrected chi connectivity index (χ2v) is 5.60. The van der Waals surface area contributed by atoms with Gasteiger partial charge in [0.15, 0.2) is 0 Å². The highest BCUT2D eigenvalue weighted by molar-refractivity contribution is 5.12. The lowest BCUT2D eigenvalue weighted by atomic mass is 9.73. The average Bonchev–Trinajstić information content (AvgIpc) is 2.89. The Hall–Kier alpha value is -0.940. The van der Waals surface area contributed by atoms with Gasteiger partial charge in [-0.1, -0.05) is 5.21 Å². The molecule has 100 valence electrons. The summed E-state index contributed by atoms with van der Waals surface area (Å²) in [6.45, 7) is 7.10. The van der Waals surface area contributed by atoms with Gasteiger partial charge in [0.1, 0.15) is 0 Å². The number of hydrogen-bond acceptors (Lipinski definition) is 4. The summed E-state index contributed by atoms with van der Waals surface area (Å²) in [5, 5.41) is 15.7. The molecule has 2 aliphatic rings. The van der Waals surface area contributed by atoms with Gasteiger partial charge in [-0.15, -0.1) is 5.10 Å². The number of nitrogens with zero attached hydrogens (tertiary/aromatic N) is 3. The van der Waals surface area contributed by atoms with Gasteiger partial charge in [0, 0.05) is 24.7 Å². The maximum Gasteiger partial charge on any atom is 0.0841 e. The third-order valence-electron chi connectivity index (χ3n) is 4.67. The maximum atomic E-state index is 4.16. The molecule has 5 nitrogen and oxygen atoms in total. The minimum absolute atomic E-state index is 0.401. The average molecular weight is 249 g/mol. The highest BCUT2D eigenvalue weighted by Crippen LogP contribution is 2.39. The van der Waals surface area contributed by atoms with E-state index in [1.54, 1.807) is 0 Å². The molecule has 1 aromatic heterocycles. The van der Waals surface area contributed by atoms with Gasteiger partial charge in [-0.2, -0.15) is 0 Å². The quantitative estimate of drug-likeness (QED) is 0.835. The van der Waals surface area contributed by atoms with Crippen LogP contribution in [0.4, 0.5) is 0 Å². The Kier molecular flexibility index (Phi) is 3.11. The van der Waals surface area contributed by atoms with Gasteiger partial charge in [0.05, 0.1) is 11.4 Å². The van der Waals surface area contributed by atoms with Gasteiger partial charge < -0.3 is 10.6 Å². The summed E-state index contributed by atoms with van der Waals surface area (Å²) in [6, 6.07) is 0.617. The lowest BCUT2D eigenvalue weighted by Crippen LogP contribution is -2.58. The van der Waals surface area contributed by atoms with Crippen molar-refractivity contribution >= 4 is 0 Å². The fourth-order valence-electron chi connectivity index (χ4n) is 3.36. The van der Waals surface area contributed by atoms with E-state index in [1.165, 1.54) is 31.4 Å². The summed E-state index contributed by atoms with van der Waals surface area (Å²) in [4.78, 5) is 0. The maximum absolute atomic E-state index is 4.16. The van der Waals surface area contributed by atoms with Gasteiger partial charge >= 0.3 is 0 Å². The lowest BCUT2D eigenvalue weighted by molar-refractivity contribution is 0.169. The van der Waals surface area contributed by atoms with Crippen LogP contribution in [0, 0.1) is 6.92 Å². The minimum Gasteiger partial charge on any atom is -0.310 e. The fraction of sp³-hybridized carbons (Fsp3) is 0.846. The van der Waals surface area contributed by atoms with Crippen LogP contribution in [0.3, 0.4) is 0 Å². The standard InChI is InChI=1S/C13H23N5/c1-3-18-11(10(2)16-17-18)9-14-12-5-8-15-13(12)6-4-7-13/h12,14-15H,3-9H2,1-2H3. The number of hydrogen-bond donors (Lipinski definition) is 2. The molecule has 0 aromatic carbocycles. The van der Waals surface area contributed by atoms with Crippen molar-refractivity contribution in [2.24, 2.45) is 0 Å². The molecule has 2 heterocycles. The van der Waals surface area contributed by atoms with E-state index in [-0.39, 0.29) is 0 Å². The molecule has 1 atom stereocenters. The number of aromatic nitrogens is 3. The molecule has 0 bridgehead atoms. The molecule has 3 rings (SSSR count). The van der Waals surface area contributed by atoms with Crippen LogP contribution in [0.1, 0.15) is 44.0 Å². The fourth-order valence-corrected chi connectivity index (χ4v) is 3.36. The topological polar surface area (TPSA) is 54.8 Å². The Balaban J connectivity index is 1.65. The van der Waals surface area contributed by atoms with Crippen molar-refractivity contribution in [2.75, 3.05) is 6.54 Å². The van der Waals surface area contributed by atoms with E-state index in [9.17, 15) is 0 Å². The van der Waals surface area contributed by atoms with Crippen molar-refractivity contribution in [3.63, 3.8) is 0 Å². The highest BCUT2D eigenvalue weighted by Gasteiger charge is 2.46. The van der Waals surface area contributed by atoms with Crippen LogP contribution in [-0.4, -0.2) is 33.1 Å². The lowest BCUT2D eigenvalue weighted by Gasteiger charge is -2.44. The molecule has 1 spiro atoms. The molecule has 2 N–H and O–H groups in total. The van der Waals surface area contributed by atoms with Crippen molar-refractivity contribution < 1.29 is 0 Å². The molecule has 1 unspecified atom stereocenters. The zero-order valence-corrected chi connectivity index (χ0v) is 11.4. The smallest absolute Gasteiger partial charge is 0.0841 e. The van der Waals surface area contributed by atoms with Crippen molar-refractivity contribution in [1.82, 2.24) is 25.6 Å². The minimum atomic E-state index is 0.401. The Labute approximate surface area is 108 Å². The molecule has 1 aromatic rings. The van der Waals surface area contributed by atoms with Crippen LogP contribution in [0.15, 0.2) is 0 Å². The van der Waals surface area contributed by atoms with E-state index in [4.69, 9.17) is 0 Å². The van der Waals surface area contributed by atoms with Crippen molar-refractivity contribution in [3.8, 4) is 0 Å². The van der Waals surface area contributed by atoms with Crippen LogP contribution < -0.4 is 10.6 Å². The van der Waals surface area contributed by atoms with Gasteiger partial charge in [0.25, 0.3) is 0 Å². The zero-order valence-electron chi connectivity index (χ0n) is 11.4. The van der Waals surface area contributed by atoms with E-state index < -0.39 is 0 Å². The molecule has 2 fully saturated rings. The summed E-state index contributed by atoms with van der Waals surface area (Å²) in [7, 11) is 0. The first-order valence-electron chi connectivity index (χ1n) is 7.12. The number of aryl methyl sites for hydroxylation is 2. The molecular weight excluding hydrogens is 226 g/mol. The third-order valence-corrected chi connectivity index (χ3v) is 4.67. The predicted octanol–water partition coefficient (Wildman–Crippen LogP) is 0.981. The van der Waals surface area contributed by atoms with Gasteiger partial charge in [-0.25, -0.2) is 4.68 Å². The van der Waals surface area contributed by atoms with E-state index >= 15 is 0 Å². The molecule has 1 aliphatic carbocycles. The molecule has 1 saturated heterocycles. The van der Waals surface area contributed by atoms with Gasteiger partial charge in [-0.3, -0.25) is 0 Å². The van der Waals surface area contributed by atoms with E-state index in [2.05, 4.69) is 27.9 Å². The Bertz CT molecular complexity index is 421. The molecular formula is C13H23N5. The Morgan fingerprint density at radius 2 is 2.33 bits per heavy atom. The van der Waals surface area contributed by atoms with Crippen molar-refractivity contribution in [3.05, 3.63) is 11.4 Å². The first-order valence-corrected chi connectivity index (χ1v) is 7.12. The number of nitrogens with one attached hydrogen (secondary N) is 2. The zero-order chi connectivity index (χ0) is 12.6. The third kappa shape index (κ3) is 1.86. The van der Waals surface area contributed by atoms with Crippen LogP contribution in [-0.2, 0) is 13.1 Å². The largest absolute Gasteiger partial charge is 0.310 e. The molecule has 5 heteroatoms. The predicted molar refractivity (Wildman–Crippen MR) is 70.3 cm³/mol. The van der Waals surface area contributed by atoms with Gasteiger partial charge in [0.2, 0.25) is 0 Å².